The van der Waals surface area contributed by atoms with Crippen molar-refractivity contribution < 1.29 is 9.53 Å². The van der Waals surface area contributed by atoms with Gasteiger partial charge in [0.1, 0.15) is 12.3 Å². The van der Waals surface area contributed by atoms with Gasteiger partial charge >= 0.3 is 0 Å². The van der Waals surface area contributed by atoms with Gasteiger partial charge in [0.15, 0.2) is 0 Å². The average Bonchev–Trinajstić information content (AvgIpc) is 2.71. The molecule has 138 valence electrons. The van der Waals surface area contributed by atoms with E-state index in [0.717, 1.165) is 16.9 Å². The topological polar surface area (TPSA) is 73.2 Å². The predicted octanol–water partition coefficient (Wildman–Crippen LogP) is 2.28. The lowest BCUT2D eigenvalue weighted by Crippen LogP contribution is -2.33. The van der Waals surface area contributed by atoms with Crippen LogP contribution in [0.2, 0.25) is 0 Å². The maximum Gasteiger partial charge on any atom is 0.254 e. The quantitative estimate of drug-likeness (QED) is 0.699. The van der Waals surface area contributed by atoms with E-state index in [0.29, 0.717) is 18.7 Å². The summed E-state index contributed by atoms with van der Waals surface area (Å²) < 4.78 is 6.42. The molecule has 1 aromatic heterocycles. The van der Waals surface area contributed by atoms with Gasteiger partial charge in [-0.05, 0) is 24.1 Å². The van der Waals surface area contributed by atoms with Crippen molar-refractivity contribution in [1.82, 2.24) is 14.9 Å². The van der Waals surface area contributed by atoms with Gasteiger partial charge in [0.25, 0.3) is 5.56 Å². The molecule has 3 rings (SSSR count). The number of nitrogens with zero attached hydrogens (tertiary/aromatic N) is 2. The van der Waals surface area contributed by atoms with Crippen LogP contribution in [0, 0.1) is 0 Å². The molecule has 27 heavy (non-hydrogen) atoms. The van der Waals surface area contributed by atoms with Crippen LogP contribution in [0.25, 0.3) is 11.3 Å². The molecule has 1 N–H and O–H groups in total. The number of ether oxygens (including phenoxy) is 1. The summed E-state index contributed by atoms with van der Waals surface area (Å²) in [6.45, 7) is 0.443. The van der Waals surface area contributed by atoms with Gasteiger partial charge in [0.05, 0.1) is 19.1 Å². The zero-order valence-corrected chi connectivity index (χ0v) is 15.1. The fourth-order valence-electron chi connectivity index (χ4n) is 2.66. The Bertz CT molecular complexity index is 950. The molecule has 3 aromatic rings. The predicted molar refractivity (Wildman–Crippen MR) is 104 cm³/mol. The minimum absolute atomic E-state index is 0.0521. The first-order chi connectivity index (χ1) is 13.2. The highest BCUT2D eigenvalue weighted by Gasteiger charge is 2.07. The molecule has 0 saturated heterocycles. The fourth-order valence-corrected chi connectivity index (χ4v) is 2.66. The lowest BCUT2D eigenvalue weighted by atomic mass is 10.1. The molecule has 0 bridgehead atoms. The van der Waals surface area contributed by atoms with Gasteiger partial charge in [0.2, 0.25) is 5.91 Å². The number of aromatic nitrogens is 2. The van der Waals surface area contributed by atoms with Gasteiger partial charge in [0, 0.05) is 18.2 Å². The van der Waals surface area contributed by atoms with Crippen LogP contribution in [-0.2, 0) is 17.8 Å². The van der Waals surface area contributed by atoms with Gasteiger partial charge in [-0.1, -0.05) is 42.5 Å². The van der Waals surface area contributed by atoms with E-state index < -0.39 is 0 Å². The van der Waals surface area contributed by atoms with Gasteiger partial charge < -0.3 is 10.1 Å². The highest BCUT2D eigenvalue weighted by atomic mass is 16.5. The highest BCUT2D eigenvalue weighted by Crippen LogP contribution is 2.13. The number of amides is 1. The van der Waals surface area contributed by atoms with Crippen LogP contribution in [0.4, 0.5) is 0 Å². The Morgan fingerprint density at radius 1 is 1.11 bits per heavy atom. The molecule has 0 aliphatic rings. The Morgan fingerprint density at radius 3 is 2.52 bits per heavy atom. The van der Waals surface area contributed by atoms with Crippen LogP contribution in [0.5, 0.6) is 5.75 Å². The highest BCUT2D eigenvalue weighted by molar-refractivity contribution is 5.75. The van der Waals surface area contributed by atoms with E-state index in [4.69, 9.17) is 4.74 Å². The third kappa shape index (κ3) is 5.04. The Balaban J connectivity index is 1.53. The first-order valence-corrected chi connectivity index (χ1v) is 8.67. The summed E-state index contributed by atoms with van der Waals surface area (Å²) in [6, 6.07) is 18.6. The summed E-state index contributed by atoms with van der Waals surface area (Å²) in [5, 5.41) is 2.82. The molecule has 1 heterocycles. The fraction of sp³-hybridized carbons (Fsp3) is 0.190. The molecule has 2 aromatic carbocycles. The normalized spacial score (nSPS) is 10.4. The van der Waals surface area contributed by atoms with Crippen molar-refractivity contribution in [3.05, 3.63) is 82.9 Å². The number of benzene rings is 2. The van der Waals surface area contributed by atoms with Crippen molar-refractivity contribution in [2.45, 2.75) is 13.0 Å². The lowest BCUT2D eigenvalue weighted by Gasteiger charge is -2.08. The third-order valence-corrected chi connectivity index (χ3v) is 4.16. The molecule has 0 radical (unpaired) electrons. The zero-order chi connectivity index (χ0) is 19.1. The van der Waals surface area contributed by atoms with Crippen LogP contribution in [0.3, 0.4) is 0 Å². The summed E-state index contributed by atoms with van der Waals surface area (Å²) in [5.74, 6) is 0.577. The van der Waals surface area contributed by atoms with E-state index in [-0.39, 0.29) is 18.0 Å². The largest absolute Gasteiger partial charge is 0.497 e. The van der Waals surface area contributed by atoms with Crippen molar-refractivity contribution in [2.75, 3.05) is 13.7 Å². The number of hydrogen-bond acceptors (Lipinski definition) is 4. The van der Waals surface area contributed by atoms with Crippen molar-refractivity contribution in [3.8, 4) is 17.0 Å². The number of carbonyl (C=O) groups is 1. The standard InChI is InChI=1S/C21H21N3O3/c1-27-18-9-7-16(8-10-18)11-12-22-20(25)14-24-15-23-19(13-21(24)26)17-5-3-2-4-6-17/h2-10,13,15H,11-12,14H2,1H3,(H,22,25). The second-order valence-corrected chi connectivity index (χ2v) is 6.05. The maximum absolute atomic E-state index is 12.2. The smallest absolute Gasteiger partial charge is 0.254 e. The van der Waals surface area contributed by atoms with Gasteiger partial charge in [-0.2, -0.15) is 0 Å². The lowest BCUT2D eigenvalue weighted by molar-refractivity contribution is -0.121. The van der Waals surface area contributed by atoms with E-state index in [1.807, 2.05) is 54.6 Å². The van der Waals surface area contributed by atoms with E-state index in [1.54, 1.807) is 7.11 Å². The average molecular weight is 363 g/mol. The summed E-state index contributed by atoms with van der Waals surface area (Å²) in [4.78, 5) is 28.6. The Labute approximate surface area is 157 Å². The van der Waals surface area contributed by atoms with E-state index in [2.05, 4.69) is 10.3 Å². The number of rotatable bonds is 7. The molecule has 0 saturated carbocycles. The molecule has 6 heteroatoms. The number of methoxy groups -OCH3 is 1. The minimum atomic E-state index is -0.255. The molecule has 0 aliphatic heterocycles. The number of carbonyl (C=O) groups excluding carboxylic acids is 1. The van der Waals surface area contributed by atoms with Crippen molar-refractivity contribution >= 4 is 5.91 Å². The van der Waals surface area contributed by atoms with Gasteiger partial charge in [-0.3, -0.25) is 14.2 Å². The molecular formula is C21H21N3O3. The summed E-state index contributed by atoms with van der Waals surface area (Å²) >= 11 is 0. The monoisotopic (exact) mass is 363 g/mol. The molecule has 0 fully saturated rings. The van der Waals surface area contributed by atoms with Crippen molar-refractivity contribution in [3.63, 3.8) is 0 Å². The van der Waals surface area contributed by atoms with Crippen LogP contribution >= 0.6 is 0 Å². The molecule has 6 nitrogen and oxygen atoms in total. The summed E-state index contributed by atoms with van der Waals surface area (Å²) in [6.07, 6.45) is 2.11. The minimum Gasteiger partial charge on any atom is -0.497 e. The maximum atomic E-state index is 12.2. The van der Waals surface area contributed by atoms with Crippen LogP contribution in [0.1, 0.15) is 5.56 Å². The summed E-state index contributed by atoms with van der Waals surface area (Å²) in [7, 11) is 1.62. The van der Waals surface area contributed by atoms with E-state index >= 15 is 0 Å². The van der Waals surface area contributed by atoms with Crippen LogP contribution in [0.15, 0.2) is 71.8 Å². The Kier molecular flexibility index (Phi) is 5.99. The zero-order valence-electron chi connectivity index (χ0n) is 15.1. The molecule has 0 unspecified atom stereocenters. The Hall–Kier alpha value is -3.41. The molecule has 0 atom stereocenters. The number of nitrogens with one attached hydrogen (secondary N) is 1. The first-order valence-electron chi connectivity index (χ1n) is 8.67. The van der Waals surface area contributed by atoms with Crippen molar-refractivity contribution in [2.24, 2.45) is 0 Å². The van der Waals surface area contributed by atoms with Gasteiger partial charge in [-0.15, -0.1) is 0 Å². The number of hydrogen-bond donors (Lipinski definition) is 1. The van der Waals surface area contributed by atoms with Crippen LogP contribution in [-0.4, -0.2) is 29.1 Å². The molecule has 0 aliphatic carbocycles. The Morgan fingerprint density at radius 2 is 1.85 bits per heavy atom. The summed E-state index contributed by atoms with van der Waals surface area (Å²) in [5.41, 5.74) is 2.30. The molecular weight excluding hydrogens is 342 g/mol. The van der Waals surface area contributed by atoms with Crippen LogP contribution < -0.4 is 15.6 Å². The van der Waals surface area contributed by atoms with Gasteiger partial charge in [-0.25, -0.2) is 4.98 Å². The molecule has 0 spiro atoms. The SMILES string of the molecule is COc1ccc(CCNC(=O)Cn2cnc(-c3ccccc3)cc2=O)cc1. The molecule has 1 amide bonds. The van der Waals surface area contributed by atoms with E-state index in [9.17, 15) is 9.59 Å². The van der Waals surface area contributed by atoms with E-state index in [1.165, 1.54) is 17.0 Å². The third-order valence-electron chi connectivity index (χ3n) is 4.16. The van der Waals surface area contributed by atoms with Crippen molar-refractivity contribution in [1.29, 1.82) is 0 Å². The first kappa shape index (κ1) is 18.4. The second-order valence-electron chi connectivity index (χ2n) is 6.05. The second kappa shape index (κ2) is 8.80.